The molecular weight excluding hydrogens is 423 g/mol. The summed E-state index contributed by atoms with van der Waals surface area (Å²) in [5.74, 6) is -0.181. The molecule has 1 fully saturated rings. The molecule has 0 saturated carbocycles. The van der Waals surface area contributed by atoms with E-state index in [1.165, 1.54) is 12.1 Å². The van der Waals surface area contributed by atoms with Crippen LogP contribution in [-0.2, 0) is 16.0 Å². The van der Waals surface area contributed by atoms with E-state index in [0.717, 1.165) is 47.8 Å². The molecule has 3 heterocycles. The Morgan fingerprint density at radius 1 is 1.18 bits per heavy atom. The van der Waals surface area contributed by atoms with Crippen molar-refractivity contribution in [3.8, 4) is 5.69 Å². The molecule has 0 spiro atoms. The third-order valence-corrected chi connectivity index (χ3v) is 6.03. The molecule has 0 bridgehead atoms. The molecule has 3 aromatic rings. The molecule has 1 atom stereocenters. The fourth-order valence-electron chi connectivity index (χ4n) is 4.19. The van der Waals surface area contributed by atoms with Gasteiger partial charge in [0.25, 0.3) is 0 Å². The number of aryl methyl sites for hydroxylation is 1. The van der Waals surface area contributed by atoms with Crippen molar-refractivity contribution in [2.45, 2.75) is 33.1 Å². The number of hydrogen-bond acceptors (Lipinski definition) is 5. The lowest BCUT2D eigenvalue weighted by molar-refractivity contribution is -0.122. The zero-order valence-corrected chi connectivity index (χ0v) is 18.7. The SMILES string of the molecule is Cc1nn(-c2ccc(F)cc2)c(C)c1CC(=O)Nc1ccc(N2CCCC(C(N)=O)C2)nc1. The lowest BCUT2D eigenvalue weighted by Gasteiger charge is -2.32. The van der Waals surface area contributed by atoms with Crippen molar-refractivity contribution in [3.05, 3.63) is 65.4 Å². The minimum Gasteiger partial charge on any atom is -0.369 e. The lowest BCUT2D eigenvalue weighted by atomic mass is 9.97. The summed E-state index contributed by atoms with van der Waals surface area (Å²) >= 11 is 0. The standard InChI is InChI=1S/C24H27FN6O2/c1-15-21(16(2)31(29-15)20-8-5-18(25)6-9-20)12-23(32)28-19-7-10-22(27-13-19)30-11-3-4-17(14-30)24(26)33/h5-10,13,17H,3-4,11-12,14H2,1-2H3,(H2,26,33)(H,28,32). The van der Waals surface area contributed by atoms with E-state index in [-0.39, 0.29) is 30.0 Å². The summed E-state index contributed by atoms with van der Waals surface area (Å²) in [5, 5.41) is 7.39. The van der Waals surface area contributed by atoms with Crippen LogP contribution in [0.15, 0.2) is 42.6 Å². The molecule has 8 nitrogen and oxygen atoms in total. The van der Waals surface area contributed by atoms with E-state index < -0.39 is 0 Å². The van der Waals surface area contributed by atoms with E-state index in [4.69, 9.17) is 5.73 Å². The van der Waals surface area contributed by atoms with E-state index >= 15 is 0 Å². The largest absolute Gasteiger partial charge is 0.369 e. The molecule has 1 aromatic carbocycles. The second-order valence-electron chi connectivity index (χ2n) is 8.36. The number of amides is 2. The second kappa shape index (κ2) is 9.40. The molecule has 172 valence electrons. The molecule has 1 saturated heterocycles. The van der Waals surface area contributed by atoms with Crippen LogP contribution in [0.3, 0.4) is 0 Å². The predicted octanol–water partition coefficient (Wildman–Crippen LogP) is 2.91. The highest BCUT2D eigenvalue weighted by Gasteiger charge is 2.24. The highest BCUT2D eigenvalue weighted by molar-refractivity contribution is 5.92. The molecule has 0 aliphatic carbocycles. The third-order valence-electron chi connectivity index (χ3n) is 6.03. The van der Waals surface area contributed by atoms with Gasteiger partial charge >= 0.3 is 0 Å². The zero-order chi connectivity index (χ0) is 23.5. The monoisotopic (exact) mass is 450 g/mol. The highest BCUT2D eigenvalue weighted by atomic mass is 19.1. The van der Waals surface area contributed by atoms with Gasteiger partial charge in [-0.05, 0) is 63.1 Å². The van der Waals surface area contributed by atoms with Gasteiger partial charge < -0.3 is 16.0 Å². The first-order valence-electron chi connectivity index (χ1n) is 10.9. The van der Waals surface area contributed by atoms with Crippen molar-refractivity contribution in [1.82, 2.24) is 14.8 Å². The predicted molar refractivity (Wildman–Crippen MR) is 124 cm³/mol. The van der Waals surface area contributed by atoms with Crippen molar-refractivity contribution in [3.63, 3.8) is 0 Å². The summed E-state index contributed by atoms with van der Waals surface area (Å²) in [7, 11) is 0. The van der Waals surface area contributed by atoms with Gasteiger partial charge in [0.05, 0.1) is 35.6 Å². The van der Waals surface area contributed by atoms with E-state index in [1.807, 2.05) is 24.8 Å². The number of carbonyl (C=O) groups is 2. The van der Waals surface area contributed by atoms with Gasteiger partial charge in [-0.1, -0.05) is 0 Å². The minimum absolute atomic E-state index is 0.160. The van der Waals surface area contributed by atoms with Crippen molar-refractivity contribution in [1.29, 1.82) is 0 Å². The Morgan fingerprint density at radius 2 is 1.94 bits per heavy atom. The van der Waals surface area contributed by atoms with Gasteiger partial charge in [0.2, 0.25) is 11.8 Å². The Balaban J connectivity index is 1.41. The Hall–Kier alpha value is -3.75. The average Bonchev–Trinajstić information content (AvgIpc) is 3.08. The molecule has 1 unspecified atom stereocenters. The number of nitrogens with two attached hydrogens (primary N) is 1. The van der Waals surface area contributed by atoms with E-state index in [1.54, 1.807) is 29.1 Å². The van der Waals surface area contributed by atoms with Crippen LogP contribution < -0.4 is 16.0 Å². The van der Waals surface area contributed by atoms with Crippen LogP contribution in [-0.4, -0.2) is 39.7 Å². The number of nitrogens with zero attached hydrogens (tertiary/aromatic N) is 4. The summed E-state index contributed by atoms with van der Waals surface area (Å²) in [6.07, 6.45) is 3.46. The van der Waals surface area contributed by atoms with Crippen LogP contribution in [0.2, 0.25) is 0 Å². The quantitative estimate of drug-likeness (QED) is 0.601. The van der Waals surface area contributed by atoms with Crippen LogP contribution in [0.1, 0.15) is 29.8 Å². The molecule has 4 rings (SSSR count). The molecule has 0 radical (unpaired) electrons. The van der Waals surface area contributed by atoms with Gasteiger partial charge in [-0.2, -0.15) is 5.10 Å². The molecule has 2 amide bonds. The summed E-state index contributed by atoms with van der Waals surface area (Å²) < 4.78 is 15.0. The van der Waals surface area contributed by atoms with Gasteiger partial charge in [0.15, 0.2) is 0 Å². The Labute approximate surface area is 191 Å². The first kappa shape index (κ1) is 22.4. The first-order chi connectivity index (χ1) is 15.8. The smallest absolute Gasteiger partial charge is 0.228 e. The van der Waals surface area contributed by atoms with Crippen LogP contribution >= 0.6 is 0 Å². The molecular formula is C24H27FN6O2. The third kappa shape index (κ3) is 5.02. The molecule has 2 aromatic heterocycles. The van der Waals surface area contributed by atoms with Crippen molar-refractivity contribution in [2.75, 3.05) is 23.3 Å². The maximum Gasteiger partial charge on any atom is 0.228 e. The number of nitrogens with one attached hydrogen (secondary N) is 1. The molecule has 3 N–H and O–H groups in total. The van der Waals surface area contributed by atoms with Crippen LogP contribution in [0.25, 0.3) is 5.69 Å². The number of carbonyl (C=O) groups excluding carboxylic acids is 2. The number of anilines is 2. The minimum atomic E-state index is -0.313. The van der Waals surface area contributed by atoms with Crippen molar-refractivity contribution >= 4 is 23.3 Å². The molecule has 9 heteroatoms. The first-order valence-corrected chi connectivity index (χ1v) is 10.9. The molecule has 1 aliphatic rings. The Morgan fingerprint density at radius 3 is 2.61 bits per heavy atom. The highest BCUT2D eigenvalue weighted by Crippen LogP contribution is 2.23. The maximum atomic E-state index is 13.2. The number of benzene rings is 1. The van der Waals surface area contributed by atoms with Crippen molar-refractivity contribution < 1.29 is 14.0 Å². The number of primary amides is 1. The number of aromatic nitrogens is 3. The normalized spacial score (nSPS) is 16.0. The number of piperidine rings is 1. The average molecular weight is 451 g/mol. The molecule has 1 aliphatic heterocycles. The van der Waals surface area contributed by atoms with E-state index in [9.17, 15) is 14.0 Å². The van der Waals surface area contributed by atoms with E-state index in [0.29, 0.717) is 12.2 Å². The van der Waals surface area contributed by atoms with Crippen molar-refractivity contribution in [2.24, 2.45) is 11.7 Å². The number of rotatable bonds is 6. The lowest BCUT2D eigenvalue weighted by Crippen LogP contribution is -2.41. The molecule has 33 heavy (non-hydrogen) atoms. The number of hydrogen-bond donors (Lipinski definition) is 2. The van der Waals surface area contributed by atoms with Gasteiger partial charge in [0, 0.05) is 24.3 Å². The summed E-state index contributed by atoms with van der Waals surface area (Å²) in [5.41, 5.74) is 9.19. The van der Waals surface area contributed by atoms with Gasteiger partial charge in [-0.15, -0.1) is 0 Å². The van der Waals surface area contributed by atoms with Gasteiger partial charge in [0.1, 0.15) is 11.6 Å². The fourth-order valence-corrected chi connectivity index (χ4v) is 4.19. The second-order valence-corrected chi connectivity index (χ2v) is 8.36. The zero-order valence-electron chi connectivity index (χ0n) is 18.7. The number of halogens is 1. The Kier molecular flexibility index (Phi) is 6.39. The summed E-state index contributed by atoms with van der Waals surface area (Å²) in [4.78, 5) is 30.7. The fraction of sp³-hybridized carbons (Fsp3) is 0.333. The van der Waals surface area contributed by atoms with Crippen LogP contribution in [0.4, 0.5) is 15.9 Å². The van der Waals surface area contributed by atoms with Crippen LogP contribution in [0.5, 0.6) is 0 Å². The number of pyridine rings is 1. The topological polar surface area (TPSA) is 106 Å². The summed E-state index contributed by atoms with van der Waals surface area (Å²) in [6.45, 7) is 5.12. The van der Waals surface area contributed by atoms with Crippen LogP contribution in [0, 0.1) is 25.6 Å². The van der Waals surface area contributed by atoms with Gasteiger partial charge in [-0.25, -0.2) is 14.1 Å². The Bertz CT molecular complexity index is 1160. The summed E-state index contributed by atoms with van der Waals surface area (Å²) in [6, 6.07) is 9.71. The van der Waals surface area contributed by atoms with E-state index in [2.05, 4.69) is 15.4 Å². The van der Waals surface area contributed by atoms with Gasteiger partial charge in [-0.3, -0.25) is 9.59 Å². The maximum absolute atomic E-state index is 13.2.